The number of hydrogen-bond donors (Lipinski definition) is 3. The molecule has 0 radical (unpaired) electrons. The van der Waals surface area contributed by atoms with Crippen LogP contribution >= 0.6 is 0 Å². The van der Waals surface area contributed by atoms with Crippen LogP contribution in [-0.2, 0) is 4.79 Å². The lowest BCUT2D eigenvalue weighted by atomic mass is 9.68. The average molecular weight is 406 g/mol. The number of aliphatic carboxylic acids is 1. The molecule has 0 saturated heterocycles. The highest BCUT2D eigenvalue weighted by Crippen LogP contribution is 2.53. The maximum absolute atomic E-state index is 12.2. The van der Waals surface area contributed by atoms with Gasteiger partial charge in [0.15, 0.2) is 0 Å². The number of nitrogens with one attached hydrogen (secondary N) is 1. The summed E-state index contributed by atoms with van der Waals surface area (Å²) in [6.45, 7) is 5.71. The third kappa shape index (κ3) is 2.93. The van der Waals surface area contributed by atoms with E-state index in [0.717, 1.165) is 16.6 Å². The van der Waals surface area contributed by atoms with Crippen molar-refractivity contribution in [2.24, 2.45) is 16.6 Å². The SMILES string of the molecule is CC1(C)[C@H](Nc2c(C(N)=O)cnn3cc(-c4ccccc4)cc23)CC[C@]1(C)C(=O)O. The van der Waals surface area contributed by atoms with Crippen LogP contribution in [0.2, 0.25) is 0 Å². The monoisotopic (exact) mass is 406 g/mol. The summed E-state index contributed by atoms with van der Waals surface area (Å²) < 4.78 is 1.72. The molecule has 7 nitrogen and oxygen atoms in total. The molecule has 4 N–H and O–H groups in total. The summed E-state index contributed by atoms with van der Waals surface area (Å²) in [4.78, 5) is 24.1. The Kier molecular flexibility index (Phi) is 4.56. The van der Waals surface area contributed by atoms with Crippen molar-refractivity contribution in [3.63, 3.8) is 0 Å². The van der Waals surface area contributed by atoms with Crippen LogP contribution in [0.1, 0.15) is 44.0 Å². The molecule has 156 valence electrons. The van der Waals surface area contributed by atoms with Crippen molar-refractivity contribution in [2.45, 2.75) is 39.7 Å². The number of benzene rings is 1. The second-order valence-corrected chi connectivity index (χ2v) is 8.82. The van der Waals surface area contributed by atoms with Gasteiger partial charge in [-0.15, -0.1) is 0 Å². The van der Waals surface area contributed by atoms with Crippen molar-refractivity contribution in [1.82, 2.24) is 9.61 Å². The number of carbonyl (C=O) groups excluding carboxylic acids is 1. The molecule has 1 aromatic carbocycles. The van der Waals surface area contributed by atoms with E-state index in [1.165, 1.54) is 6.20 Å². The molecule has 1 amide bonds. The largest absolute Gasteiger partial charge is 0.481 e. The maximum atomic E-state index is 12.2. The van der Waals surface area contributed by atoms with E-state index in [-0.39, 0.29) is 6.04 Å². The minimum Gasteiger partial charge on any atom is -0.481 e. The molecule has 0 unspecified atom stereocenters. The summed E-state index contributed by atoms with van der Waals surface area (Å²) in [6.07, 6.45) is 4.60. The zero-order valence-corrected chi connectivity index (χ0v) is 17.3. The Hall–Kier alpha value is -3.35. The molecule has 1 saturated carbocycles. The number of nitrogens with zero attached hydrogens (tertiary/aromatic N) is 2. The molecule has 0 aliphatic heterocycles. The molecule has 1 aliphatic rings. The van der Waals surface area contributed by atoms with E-state index in [2.05, 4.69) is 10.4 Å². The van der Waals surface area contributed by atoms with Gasteiger partial charge in [-0.3, -0.25) is 9.59 Å². The van der Waals surface area contributed by atoms with E-state index >= 15 is 0 Å². The topological polar surface area (TPSA) is 110 Å². The molecular weight excluding hydrogens is 380 g/mol. The number of anilines is 1. The van der Waals surface area contributed by atoms with Gasteiger partial charge in [-0.05, 0) is 31.4 Å². The Labute approximate surface area is 174 Å². The number of fused-ring (bicyclic) bond motifs is 1. The Morgan fingerprint density at radius 1 is 1.20 bits per heavy atom. The van der Waals surface area contributed by atoms with Gasteiger partial charge in [0.05, 0.1) is 28.4 Å². The van der Waals surface area contributed by atoms with Gasteiger partial charge in [0.25, 0.3) is 5.91 Å². The molecule has 3 aromatic rings. The highest BCUT2D eigenvalue weighted by atomic mass is 16.4. The predicted molar refractivity (Wildman–Crippen MR) is 115 cm³/mol. The number of carboxylic acids is 1. The van der Waals surface area contributed by atoms with Gasteiger partial charge in [-0.1, -0.05) is 44.2 Å². The van der Waals surface area contributed by atoms with Gasteiger partial charge in [0.2, 0.25) is 0 Å². The van der Waals surface area contributed by atoms with Crippen LogP contribution in [0.15, 0.2) is 48.8 Å². The van der Waals surface area contributed by atoms with E-state index < -0.39 is 22.7 Å². The predicted octanol–water partition coefficient (Wildman–Crippen LogP) is 3.79. The molecule has 1 fully saturated rings. The summed E-state index contributed by atoms with van der Waals surface area (Å²) in [5, 5.41) is 17.7. The van der Waals surface area contributed by atoms with Gasteiger partial charge in [-0.2, -0.15) is 5.10 Å². The van der Waals surface area contributed by atoms with Gasteiger partial charge in [-0.25, -0.2) is 4.52 Å². The summed E-state index contributed by atoms with van der Waals surface area (Å²) in [5.74, 6) is -1.38. The fourth-order valence-electron chi connectivity index (χ4n) is 4.49. The first-order valence-electron chi connectivity index (χ1n) is 10.0. The Morgan fingerprint density at radius 2 is 1.90 bits per heavy atom. The third-order valence-corrected chi connectivity index (χ3v) is 7.03. The van der Waals surface area contributed by atoms with Gasteiger partial charge in [0.1, 0.15) is 0 Å². The maximum Gasteiger partial charge on any atom is 0.309 e. The second kappa shape index (κ2) is 6.86. The van der Waals surface area contributed by atoms with Crippen molar-refractivity contribution in [1.29, 1.82) is 0 Å². The van der Waals surface area contributed by atoms with Gasteiger partial charge >= 0.3 is 5.97 Å². The second-order valence-electron chi connectivity index (χ2n) is 8.82. The Bertz CT molecular complexity index is 1140. The van der Waals surface area contributed by atoms with E-state index in [1.807, 2.05) is 56.4 Å². The molecule has 2 heterocycles. The number of carboxylic acid groups (broad SMARTS) is 1. The fraction of sp³-hybridized carbons (Fsp3) is 0.348. The fourth-order valence-corrected chi connectivity index (χ4v) is 4.49. The number of carbonyl (C=O) groups is 2. The zero-order valence-electron chi connectivity index (χ0n) is 17.3. The molecule has 1 aliphatic carbocycles. The lowest BCUT2D eigenvalue weighted by Gasteiger charge is -2.39. The van der Waals surface area contributed by atoms with Crippen LogP contribution in [0.3, 0.4) is 0 Å². The summed E-state index contributed by atoms with van der Waals surface area (Å²) in [6, 6.07) is 11.7. The van der Waals surface area contributed by atoms with Gasteiger partial charge in [0, 0.05) is 23.2 Å². The van der Waals surface area contributed by atoms with E-state index in [9.17, 15) is 14.7 Å². The number of hydrogen-bond acceptors (Lipinski definition) is 4. The Morgan fingerprint density at radius 3 is 2.50 bits per heavy atom. The van der Waals surface area contributed by atoms with E-state index in [4.69, 9.17) is 5.73 Å². The first-order valence-corrected chi connectivity index (χ1v) is 10.0. The van der Waals surface area contributed by atoms with Crippen LogP contribution in [0, 0.1) is 10.8 Å². The van der Waals surface area contributed by atoms with Crippen molar-refractivity contribution in [3.8, 4) is 11.1 Å². The normalized spacial score (nSPS) is 22.8. The number of nitrogens with two attached hydrogens (primary N) is 1. The number of aromatic nitrogens is 2. The molecule has 0 spiro atoms. The standard InChI is InChI=1S/C23H26N4O3/c1-22(2)18(9-10-23(22,3)21(29)30)26-19-16(20(24)28)12-25-27-13-15(11-17(19)27)14-7-5-4-6-8-14/h4-8,11-13,18,26H,9-10H2,1-3H3,(H2,24,28)(H,29,30)/t18-,23-/m1/s1. The van der Waals surface area contributed by atoms with Gasteiger partial charge < -0.3 is 16.2 Å². The summed E-state index contributed by atoms with van der Waals surface area (Å²) in [7, 11) is 0. The molecule has 7 heteroatoms. The van der Waals surface area contributed by atoms with Crippen LogP contribution in [0.4, 0.5) is 5.69 Å². The van der Waals surface area contributed by atoms with Crippen molar-refractivity contribution < 1.29 is 14.7 Å². The van der Waals surface area contributed by atoms with Crippen LogP contribution < -0.4 is 11.1 Å². The molecule has 2 atom stereocenters. The third-order valence-electron chi connectivity index (χ3n) is 7.03. The highest BCUT2D eigenvalue weighted by molar-refractivity contribution is 6.02. The quantitative estimate of drug-likeness (QED) is 0.597. The first-order chi connectivity index (χ1) is 14.1. The summed E-state index contributed by atoms with van der Waals surface area (Å²) >= 11 is 0. The summed E-state index contributed by atoms with van der Waals surface area (Å²) in [5.41, 5.74) is 7.85. The highest BCUT2D eigenvalue weighted by Gasteiger charge is 2.56. The van der Waals surface area contributed by atoms with Crippen molar-refractivity contribution in [3.05, 3.63) is 54.4 Å². The molecule has 30 heavy (non-hydrogen) atoms. The average Bonchev–Trinajstić information content (AvgIpc) is 3.24. The van der Waals surface area contributed by atoms with E-state index in [0.29, 0.717) is 24.1 Å². The number of amides is 1. The molecule has 0 bridgehead atoms. The number of primary amides is 1. The van der Waals surface area contributed by atoms with Crippen LogP contribution in [0.5, 0.6) is 0 Å². The lowest BCUT2D eigenvalue weighted by molar-refractivity contribution is -0.153. The van der Waals surface area contributed by atoms with Crippen LogP contribution in [-0.4, -0.2) is 32.6 Å². The molecular formula is C23H26N4O3. The zero-order chi connectivity index (χ0) is 21.7. The smallest absolute Gasteiger partial charge is 0.309 e. The van der Waals surface area contributed by atoms with Crippen LogP contribution in [0.25, 0.3) is 16.6 Å². The first kappa shape index (κ1) is 19.9. The molecule has 2 aromatic heterocycles. The van der Waals surface area contributed by atoms with Crippen molar-refractivity contribution >= 4 is 23.1 Å². The van der Waals surface area contributed by atoms with Crippen molar-refractivity contribution in [2.75, 3.05) is 5.32 Å². The minimum absolute atomic E-state index is 0.141. The lowest BCUT2D eigenvalue weighted by Crippen LogP contribution is -2.45. The Balaban J connectivity index is 1.81. The van der Waals surface area contributed by atoms with E-state index in [1.54, 1.807) is 11.4 Å². The number of rotatable bonds is 5. The minimum atomic E-state index is -0.863. The molecule has 4 rings (SSSR count).